The van der Waals surface area contributed by atoms with Crippen LogP contribution in [-0.4, -0.2) is 30.3 Å². The molecule has 3 rings (SSSR count). The lowest BCUT2D eigenvalue weighted by molar-refractivity contribution is -0.117. The van der Waals surface area contributed by atoms with E-state index in [0.717, 1.165) is 16.0 Å². The topological polar surface area (TPSA) is 54.4 Å². The molecule has 1 heterocycles. The van der Waals surface area contributed by atoms with Crippen LogP contribution in [0.5, 0.6) is 0 Å². The Morgan fingerprint density at radius 3 is 2.67 bits per heavy atom. The molecule has 4 atom stereocenters. The van der Waals surface area contributed by atoms with E-state index in [1.165, 1.54) is 17.4 Å². The summed E-state index contributed by atoms with van der Waals surface area (Å²) in [4.78, 5) is 21.2. The summed E-state index contributed by atoms with van der Waals surface area (Å²) in [5.74, 6) is -1.71. The summed E-state index contributed by atoms with van der Waals surface area (Å²) < 4.78 is 27.9. The third kappa shape index (κ3) is 3.78. The van der Waals surface area contributed by atoms with E-state index in [-0.39, 0.29) is 24.1 Å². The van der Waals surface area contributed by atoms with Crippen LogP contribution in [0.1, 0.15) is 49.6 Å². The molecule has 4 nitrogen and oxygen atoms in total. The van der Waals surface area contributed by atoms with Crippen LogP contribution in [0.4, 0.5) is 13.9 Å². The number of nitrogens with zero attached hydrogens (tertiary/aromatic N) is 2. The molecule has 0 radical (unpaired) electrons. The molecule has 0 aliphatic heterocycles. The molecular weight excluding hydrogens is 368 g/mol. The van der Waals surface area contributed by atoms with Crippen molar-refractivity contribution in [3.8, 4) is 0 Å². The predicted octanol–water partition coefficient (Wildman–Crippen LogP) is 5.09. The van der Waals surface area contributed by atoms with Crippen LogP contribution < -0.4 is 5.32 Å². The molecule has 1 aromatic rings. The van der Waals surface area contributed by atoms with Gasteiger partial charge in [0, 0.05) is 24.1 Å². The Labute approximate surface area is 161 Å². The Kier molecular flexibility index (Phi) is 5.42. The van der Waals surface area contributed by atoms with Gasteiger partial charge >= 0.3 is 0 Å². The zero-order valence-corrected chi connectivity index (χ0v) is 16.7. The number of fused-ring (bicyclic) bond motifs is 1. The van der Waals surface area contributed by atoms with Gasteiger partial charge in [-0.05, 0) is 37.5 Å². The van der Waals surface area contributed by atoms with Crippen molar-refractivity contribution in [2.45, 2.75) is 45.2 Å². The Hall–Kier alpha value is -2.15. The number of thiazole rings is 1. The van der Waals surface area contributed by atoms with E-state index < -0.39 is 18.0 Å². The third-order valence-corrected chi connectivity index (χ3v) is 6.11. The molecule has 1 fully saturated rings. The largest absolute Gasteiger partial charge is 0.302 e. The van der Waals surface area contributed by atoms with E-state index in [1.54, 1.807) is 13.3 Å². The fourth-order valence-electron chi connectivity index (χ4n) is 3.24. The Morgan fingerprint density at radius 2 is 2.11 bits per heavy atom. The first-order chi connectivity index (χ1) is 12.7. The molecule has 1 aromatic heterocycles. The molecule has 27 heavy (non-hydrogen) atoms. The Balaban J connectivity index is 1.76. The van der Waals surface area contributed by atoms with Crippen molar-refractivity contribution in [1.82, 2.24) is 4.98 Å². The standard InChI is InChI=1S/C20H23F2N3OS/c1-9(2)13(8-23-5)10(3)6-15(22)16-11(4)18-17(16)24-20(27-18)25-19(26)12-7-14(12)21/h6,8,11-12,14,16H,3,7H2,1-2,4-5H3,(H,24,25,26)/b15-6+,23-8-/t11-,12-,14+,16?/m1/s1. The van der Waals surface area contributed by atoms with Gasteiger partial charge in [-0.3, -0.25) is 9.79 Å². The number of rotatable bonds is 6. The number of carbonyl (C=O) groups is 1. The maximum atomic E-state index is 14.9. The van der Waals surface area contributed by atoms with Crippen molar-refractivity contribution < 1.29 is 13.6 Å². The Bertz CT molecular complexity index is 880. The maximum Gasteiger partial charge on any atom is 0.232 e. The second kappa shape index (κ2) is 7.46. The lowest BCUT2D eigenvalue weighted by Crippen LogP contribution is -2.21. The minimum absolute atomic E-state index is 0.0305. The quantitative estimate of drug-likeness (QED) is 0.543. The van der Waals surface area contributed by atoms with Gasteiger partial charge in [0.1, 0.15) is 12.0 Å². The molecule has 1 saturated carbocycles. The SMILES string of the molecule is C=C(/C=C(/F)C1c2nc(NC(=O)[C@@H]3C[C@@H]3F)sc2[C@@H]1C)C(/C=N\C)=C(C)C. The van der Waals surface area contributed by atoms with Crippen LogP contribution in [0.15, 0.2) is 40.2 Å². The molecule has 0 spiro atoms. The maximum absolute atomic E-state index is 14.9. The normalized spacial score (nSPS) is 26.4. The van der Waals surface area contributed by atoms with Gasteiger partial charge in [-0.1, -0.05) is 19.1 Å². The van der Waals surface area contributed by atoms with Crippen molar-refractivity contribution in [2.75, 3.05) is 12.4 Å². The van der Waals surface area contributed by atoms with Crippen molar-refractivity contribution in [3.05, 3.63) is 45.8 Å². The van der Waals surface area contributed by atoms with Gasteiger partial charge in [-0.2, -0.15) is 0 Å². The van der Waals surface area contributed by atoms with E-state index in [2.05, 4.69) is 21.9 Å². The summed E-state index contributed by atoms with van der Waals surface area (Å²) in [5.41, 5.74) is 3.00. The van der Waals surface area contributed by atoms with Gasteiger partial charge in [0.05, 0.1) is 17.5 Å². The van der Waals surface area contributed by atoms with Crippen molar-refractivity contribution in [3.63, 3.8) is 0 Å². The van der Waals surface area contributed by atoms with Crippen molar-refractivity contribution in [1.29, 1.82) is 0 Å². The number of alkyl halides is 1. The number of amides is 1. The monoisotopic (exact) mass is 391 g/mol. The van der Waals surface area contributed by atoms with Gasteiger partial charge in [-0.25, -0.2) is 13.8 Å². The summed E-state index contributed by atoms with van der Waals surface area (Å²) in [7, 11) is 1.66. The van der Waals surface area contributed by atoms with Crippen molar-refractivity contribution in [2.24, 2.45) is 10.9 Å². The number of aromatic nitrogens is 1. The second-order valence-electron chi connectivity index (χ2n) is 7.24. The zero-order valence-electron chi connectivity index (χ0n) is 15.8. The summed E-state index contributed by atoms with van der Waals surface area (Å²) in [6.45, 7) is 9.74. The molecule has 7 heteroatoms. The van der Waals surface area contributed by atoms with Crippen LogP contribution >= 0.6 is 11.3 Å². The summed E-state index contributed by atoms with van der Waals surface area (Å²) in [6.07, 6.45) is 2.32. The number of aliphatic imine (C=N–C) groups is 1. The van der Waals surface area contributed by atoms with Gasteiger partial charge in [-0.15, -0.1) is 11.3 Å². The highest BCUT2D eigenvalue weighted by Gasteiger charge is 2.45. The van der Waals surface area contributed by atoms with Crippen molar-refractivity contribution >= 4 is 28.6 Å². The highest BCUT2D eigenvalue weighted by atomic mass is 32.1. The van der Waals surface area contributed by atoms with E-state index in [0.29, 0.717) is 16.4 Å². The number of anilines is 1. The molecule has 0 bridgehead atoms. The number of nitrogens with one attached hydrogen (secondary N) is 1. The van der Waals surface area contributed by atoms with Crippen LogP contribution in [0.25, 0.3) is 0 Å². The average Bonchev–Trinajstić information content (AvgIpc) is 3.22. The van der Waals surface area contributed by atoms with Crippen LogP contribution in [0.2, 0.25) is 0 Å². The molecule has 2 aliphatic carbocycles. The number of carbonyl (C=O) groups excluding carboxylic acids is 1. The minimum atomic E-state index is -1.05. The first-order valence-electron chi connectivity index (χ1n) is 8.86. The summed E-state index contributed by atoms with van der Waals surface area (Å²) in [6, 6.07) is 0. The van der Waals surface area contributed by atoms with E-state index in [4.69, 9.17) is 0 Å². The van der Waals surface area contributed by atoms with Gasteiger partial charge in [0.2, 0.25) is 5.91 Å². The summed E-state index contributed by atoms with van der Waals surface area (Å²) >= 11 is 1.33. The first-order valence-corrected chi connectivity index (χ1v) is 9.67. The van der Waals surface area contributed by atoms with E-state index in [9.17, 15) is 13.6 Å². The van der Waals surface area contributed by atoms with Crippen LogP contribution in [-0.2, 0) is 4.79 Å². The van der Waals surface area contributed by atoms with Crippen LogP contribution in [0.3, 0.4) is 0 Å². The lowest BCUT2D eigenvalue weighted by atomic mass is 9.76. The molecule has 0 aromatic carbocycles. The molecule has 144 valence electrons. The Morgan fingerprint density at radius 1 is 1.44 bits per heavy atom. The van der Waals surface area contributed by atoms with Gasteiger partial charge < -0.3 is 5.32 Å². The number of allylic oxidation sites excluding steroid dienone is 5. The van der Waals surface area contributed by atoms with Gasteiger partial charge in [0.25, 0.3) is 0 Å². The summed E-state index contributed by atoms with van der Waals surface area (Å²) in [5, 5.41) is 3.06. The molecule has 1 amide bonds. The number of hydrogen-bond donors (Lipinski definition) is 1. The predicted molar refractivity (Wildman–Crippen MR) is 106 cm³/mol. The third-order valence-electron chi connectivity index (χ3n) is 4.92. The highest BCUT2D eigenvalue weighted by Crippen LogP contribution is 2.54. The smallest absolute Gasteiger partial charge is 0.232 e. The van der Waals surface area contributed by atoms with Crippen LogP contribution in [0, 0.1) is 5.92 Å². The van der Waals surface area contributed by atoms with E-state index in [1.807, 2.05) is 20.8 Å². The van der Waals surface area contributed by atoms with Gasteiger partial charge in [0.15, 0.2) is 5.13 Å². The molecule has 1 N–H and O–H groups in total. The molecular formula is C20H23F2N3OS. The number of hydrogen-bond acceptors (Lipinski definition) is 4. The highest BCUT2D eigenvalue weighted by molar-refractivity contribution is 7.16. The molecule has 0 saturated heterocycles. The minimum Gasteiger partial charge on any atom is -0.302 e. The lowest BCUT2D eigenvalue weighted by Gasteiger charge is -2.31. The number of halogens is 2. The fraction of sp³-hybridized carbons (Fsp3) is 0.450. The van der Waals surface area contributed by atoms with E-state index >= 15 is 0 Å². The average molecular weight is 391 g/mol. The first kappa shape index (κ1) is 19.6. The molecule has 1 unspecified atom stereocenters. The molecule has 2 aliphatic rings. The zero-order chi connectivity index (χ0) is 19.9. The second-order valence-corrected chi connectivity index (χ2v) is 8.27. The fourth-order valence-corrected chi connectivity index (χ4v) is 4.34.